The molecule has 0 unspecified atom stereocenters. The van der Waals surface area contributed by atoms with Crippen LogP contribution in [0.15, 0.2) is 54.7 Å². The van der Waals surface area contributed by atoms with Crippen molar-refractivity contribution in [3.8, 4) is 11.4 Å². The molecule has 0 bridgehead atoms. The van der Waals surface area contributed by atoms with Crippen molar-refractivity contribution in [1.82, 2.24) is 19.8 Å². The fraction of sp³-hybridized carbons (Fsp3) is 0.300. The highest BCUT2D eigenvalue weighted by Crippen LogP contribution is 2.20. The fourth-order valence-corrected chi connectivity index (χ4v) is 3.18. The summed E-state index contributed by atoms with van der Waals surface area (Å²) in [5.41, 5.74) is 3.41. The molecule has 1 saturated heterocycles. The van der Waals surface area contributed by atoms with Gasteiger partial charge in [-0.1, -0.05) is 36.4 Å². The first-order valence-electron chi connectivity index (χ1n) is 8.50. The molecule has 4 heteroatoms. The van der Waals surface area contributed by atoms with Gasteiger partial charge in [-0.25, -0.2) is 9.97 Å². The Kier molecular flexibility index (Phi) is 4.24. The van der Waals surface area contributed by atoms with Crippen LogP contribution < -0.4 is 0 Å². The Morgan fingerprint density at radius 2 is 1.79 bits per heavy atom. The van der Waals surface area contributed by atoms with Crippen LogP contribution in [-0.4, -0.2) is 53.0 Å². The fourth-order valence-electron chi connectivity index (χ4n) is 3.18. The van der Waals surface area contributed by atoms with Gasteiger partial charge in [-0.05, 0) is 24.7 Å². The maximum absolute atomic E-state index is 4.71. The third-order valence-electron chi connectivity index (χ3n) is 4.68. The van der Waals surface area contributed by atoms with Crippen LogP contribution in [0, 0.1) is 0 Å². The molecular weight excluding hydrogens is 296 g/mol. The second-order valence-corrected chi connectivity index (χ2v) is 6.53. The van der Waals surface area contributed by atoms with Crippen molar-refractivity contribution >= 4 is 10.9 Å². The molecule has 0 aliphatic carbocycles. The van der Waals surface area contributed by atoms with Gasteiger partial charge in [0.2, 0.25) is 0 Å². The minimum absolute atomic E-state index is 0.800. The summed E-state index contributed by atoms with van der Waals surface area (Å²) in [6.45, 7) is 5.55. The van der Waals surface area contributed by atoms with E-state index in [4.69, 9.17) is 4.98 Å². The zero-order chi connectivity index (χ0) is 16.4. The topological polar surface area (TPSA) is 32.3 Å². The molecule has 0 amide bonds. The molecule has 0 spiro atoms. The average molecular weight is 318 g/mol. The summed E-state index contributed by atoms with van der Waals surface area (Å²) in [5.74, 6) is 0.800. The summed E-state index contributed by atoms with van der Waals surface area (Å²) < 4.78 is 0. The molecule has 0 radical (unpaired) electrons. The quantitative estimate of drug-likeness (QED) is 0.743. The molecule has 1 aliphatic heterocycles. The number of rotatable bonds is 3. The number of nitrogens with zero attached hydrogens (tertiary/aromatic N) is 4. The second-order valence-electron chi connectivity index (χ2n) is 6.53. The van der Waals surface area contributed by atoms with Crippen molar-refractivity contribution < 1.29 is 0 Å². The summed E-state index contributed by atoms with van der Waals surface area (Å²) in [4.78, 5) is 14.2. The van der Waals surface area contributed by atoms with Gasteiger partial charge in [0.15, 0.2) is 5.82 Å². The predicted octanol–water partition coefficient (Wildman–Crippen LogP) is 3.04. The largest absolute Gasteiger partial charge is 0.304 e. The minimum Gasteiger partial charge on any atom is -0.304 e. The van der Waals surface area contributed by atoms with Gasteiger partial charge in [-0.15, -0.1) is 0 Å². The first kappa shape index (κ1) is 15.2. The number of para-hydroxylation sites is 1. The summed E-state index contributed by atoms with van der Waals surface area (Å²) in [7, 11) is 2.19. The van der Waals surface area contributed by atoms with Gasteiger partial charge in [0.05, 0.1) is 5.52 Å². The maximum Gasteiger partial charge on any atom is 0.159 e. The van der Waals surface area contributed by atoms with Crippen LogP contribution in [0.1, 0.15) is 5.56 Å². The Bertz CT molecular complexity index is 838. The molecule has 0 N–H and O–H groups in total. The lowest BCUT2D eigenvalue weighted by atomic mass is 10.1. The van der Waals surface area contributed by atoms with Crippen LogP contribution in [-0.2, 0) is 6.54 Å². The van der Waals surface area contributed by atoms with E-state index >= 15 is 0 Å². The summed E-state index contributed by atoms with van der Waals surface area (Å²) >= 11 is 0. The summed E-state index contributed by atoms with van der Waals surface area (Å²) in [5, 5.41) is 1.08. The molecule has 0 saturated carbocycles. The molecule has 1 aromatic heterocycles. The molecule has 1 aliphatic rings. The van der Waals surface area contributed by atoms with E-state index in [0.29, 0.717) is 0 Å². The Labute approximate surface area is 142 Å². The van der Waals surface area contributed by atoms with Crippen molar-refractivity contribution in [2.24, 2.45) is 0 Å². The smallest absolute Gasteiger partial charge is 0.159 e. The molecule has 1 fully saturated rings. The Hall–Kier alpha value is -2.30. The molecule has 122 valence electrons. The van der Waals surface area contributed by atoms with E-state index in [1.165, 1.54) is 5.56 Å². The molecule has 2 heterocycles. The predicted molar refractivity (Wildman–Crippen MR) is 97.7 cm³/mol. The van der Waals surface area contributed by atoms with Crippen LogP contribution in [0.5, 0.6) is 0 Å². The van der Waals surface area contributed by atoms with Crippen LogP contribution in [0.3, 0.4) is 0 Å². The summed E-state index contributed by atoms with van der Waals surface area (Å²) in [6.07, 6.45) is 1.91. The van der Waals surface area contributed by atoms with Crippen LogP contribution in [0.2, 0.25) is 0 Å². The molecule has 2 aromatic carbocycles. The molecule has 24 heavy (non-hydrogen) atoms. The second kappa shape index (κ2) is 6.67. The van der Waals surface area contributed by atoms with Crippen molar-refractivity contribution in [3.05, 3.63) is 60.3 Å². The van der Waals surface area contributed by atoms with Gasteiger partial charge in [0.1, 0.15) is 0 Å². The van der Waals surface area contributed by atoms with Gasteiger partial charge in [0, 0.05) is 49.9 Å². The summed E-state index contributed by atoms with van der Waals surface area (Å²) in [6, 6.07) is 16.7. The highest BCUT2D eigenvalue weighted by Gasteiger charge is 2.14. The number of likely N-dealkylation sites (N-methyl/N-ethyl adjacent to an activating group) is 1. The van der Waals surface area contributed by atoms with Crippen LogP contribution in [0.4, 0.5) is 0 Å². The molecule has 4 rings (SSSR count). The standard InChI is InChI=1S/C20H22N4/c1-23-9-11-24(12-10-23)15-16-5-4-7-17(13-16)20-21-14-18-6-2-3-8-19(18)22-20/h2-8,13-14H,9-12,15H2,1H3. The highest BCUT2D eigenvalue weighted by atomic mass is 15.2. The van der Waals surface area contributed by atoms with Gasteiger partial charge in [0.25, 0.3) is 0 Å². The van der Waals surface area contributed by atoms with Crippen LogP contribution in [0.25, 0.3) is 22.3 Å². The third kappa shape index (κ3) is 3.30. The van der Waals surface area contributed by atoms with E-state index in [1.807, 2.05) is 30.5 Å². The van der Waals surface area contributed by atoms with Crippen molar-refractivity contribution in [1.29, 1.82) is 0 Å². The lowest BCUT2D eigenvalue weighted by Crippen LogP contribution is -2.43. The van der Waals surface area contributed by atoms with E-state index in [0.717, 1.165) is 55.0 Å². The van der Waals surface area contributed by atoms with E-state index in [2.05, 4.69) is 46.1 Å². The molecular formula is C20H22N4. The van der Waals surface area contributed by atoms with Crippen molar-refractivity contribution in [3.63, 3.8) is 0 Å². The first-order chi connectivity index (χ1) is 11.8. The first-order valence-corrected chi connectivity index (χ1v) is 8.50. The van der Waals surface area contributed by atoms with E-state index in [-0.39, 0.29) is 0 Å². The van der Waals surface area contributed by atoms with E-state index < -0.39 is 0 Å². The van der Waals surface area contributed by atoms with Gasteiger partial charge < -0.3 is 4.90 Å². The molecule has 3 aromatic rings. The molecule has 4 nitrogen and oxygen atoms in total. The van der Waals surface area contributed by atoms with Crippen molar-refractivity contribution in [2.75, 3.05) is 33.2 Å². The Morgan fingerprint density at radius 3 is 2.67 bits per heavy atom. The maximum atomic E-state index is 4.71. The zero-order valence-corrected chi connectivity index (χ0v) is 14.0. The minimum atomic E-state index is 0.800. The zero-order valence-electron chi connectivity index (χ0n) is 14.0. The normalized spacial score (nSPS) is 16.5. The lowest BCUT2D eigenvalue weighted by molar-refractivity contribution is 0.148. The highest BCUT2D eigenvalue weighted by molar-refractivity contribution is 5.79. The SMILES string of the molecule is CN1CCN(Cc2cccc(-c3ncc4ccccc4n3)c2)CC1. The van der Waals surface area contributed by atoms with Gasteiger partial charge in [-0.3, -0.25) is 4.90 Å². The van der Waals surface area contributed by atoms with Gasteiger partial charge >= 0.3 is 0 Å². The van der Waals surface area contributed by atoms with Crippen LogP contribution >= 0.6 is 0 Å². The number of hydrogen-bond donors (Lipinski definition) is 0. The average Bonchev–Trinajstić information content (AvgIpc) is 2.63. The number of fused-ring (bicyclic) bond motifs is 1. The molecule has 0 atom stereocenters. The lowest BCUT2D eigenvalue weighted by Gasteiger charge is -2.32. The van der Waals surface area contributed by atoms with E-state index in [1.54, 1.807) is 0 Å². The van der Waals surface area contributed by atoms with E-state index in [9.17, 15) is 0 Å². The number of hydrogen-bond acceptors (Lipinski definition) is 4. The number of benzene rings is 2. The number of aromatic nitrogens is 2. The Balaban J connectivity index is 1.57. The van der Waals surface area contributed by atoms with Gasteiger partial charge in [-0.2, -0.15) is 0 Å². The Morgan fingerprint density at radius 1 is 0.958 bits per heavy atom. The van der Waals surface area contributed by atoms with Crippen molar-refractivity contribution in [2.45, 2.75) is 6.54 Å². The monoisotopic (exact) mass is 318 g/mol. The third-order valence-corrected chi connectivity index (χ3v) is 4.68. The number of piperazine rings is 1.